The number of carboxylic acids is 1. The predicted octanol–water partition coefficient (Wildman–Crippen LogP) is 2.25. The van der Waals surface area contributed by atoms with E-state index in [1.807, 2.05) is 24.4 Å². The fourth-order valence-electron chi connectivity index (χ4n) is 2.06. The molecule has 2 rings (SSSR count). The molecule has 4 N–H and O–H groups in total. The van der Waals surface area contributed by atoms with E-state index in [2.05, 4.69) is 31.5 Å². The van der Waals surface area contributed by atoms with Gasteiger partial charge in [-0.25, -0.2) is 4.79 Å². The maximum Gasteiger partial charge on any atom is 0.314 e. The van der Waals surface area contributed by atoms with E-state index in [1.54, 1.807) is 0 Å². The van der Waals surface area contributed by atoms with Gasteiger partial charge in [-0.15, -0.1) is 0 Å². The molecule has 2 aromatic rings. The summed E-state index contributed by atoms with van der Waals surface area (Å²) in [5.41, 5.74) is 2.16. The van der Waals surface area contributed by atoms with Crippen LogP contribution in [0.15, 0.2) is 28.9 Å². The number of urea groups is 1. The summed E-state index contributed by atoms with van der Waals surface area (Å²) in [5.74, 6) is -0.932. The van der Waals surface area contributed by atoms with E-state index in [-0.39, 0.29) is 19.0 Å². The van der Waals surface area contributed by atoms with Crippen LogP contribution in [0.3, 0.4) is 0 Å². The Balaban J connectivity index is 1.83. The summed E-state index contributed by atoms with van der Waals surface area (Å²) in [6.45, 7) is 0.604. The largest absolute Gasteiger partial charge is 0.481 e. The summed E-state index contributed by atoms with van der Waals surface area (Å²) < 4.78 is 1.02. The Bertz CT molecular complexity index is 654. The van der Waals surface area contributed by atoms with Gasteiger partial charge in [-0.1, -0.05) is 22.0 Å². The number of halogens is 1. The Kier molecular flexibility index (Phi) is 5.21. The number of aromatic nitrogens is 1. The van der Waals surface area contributed by atoms with E-state index in [1.165, 1.54) is 0 Å². The Morgan fingerprint density at radius 3 is 2.76 bits per heavy atom. The second kappa shape index (κ2) is 7.12. The van der Waals surface area contributed by atoms with Crippen LogP contribution in [0.4, 0.5) is 4.79 Å². The van der Waals surface area contributed by atoms with Gasteiger partial charge in [0.25, 0.3) is 0 Å². The van der Waals surface area contributed by atoms with Crippen LogP contribution in [0.1, 0.15) is 12.0 Å². The first-order valence-electron chi connectivity index (χ1n) is 6.56. The number of carbonyl (C=O) groups excluding carboxylic acids is 1. The lowest BCUT2D eigenvalue weighted by atomic mass is 10.1. The highest BCUT2D eigenvalue weighted by Crippen LogP contribution is 2.26. The van der Waals surface area contributed by atoms with Crippen molar-refractivity contribution >= 4 is 38.8 Å². The SMILES string of the molecule is O=C(O)CCNC(=O)NCCc1c[nH]c2cccc(Br)c12. The van der Waals surface area contributed by atoms with Gasteiger partial charge in [0, 0.05) is 34.7 Å². The Morgan fingerprint density at radius 2 is 2.00 bits per heavy atom. The van der Waals surface area contributed by atoms with E-state index in [4.69, 9.17) is 5.11 Å². The number of amides is 2. The lowest BCUT2D eigenvalue weighted by molar-refractivity contribution is -0.136. The number of H-pyrrole nitrogens is 1. The molecule has 1 heterocycles. The predicted molar refractivity (Wildman–Crippen MR) is 83.4 cm³/mol. The highest BCUT2D eigenvalue weighted by Gasteiger charge is 2.07. The molecule has 6 nitrogen and oxygen atoms in total. The molecular formula is C14H16BrN3O3. The quantitative estimate of drug-likeness (QED) is 0.641. The van der Waals surface area contributed by atoms with E-state index in [0.29, 0.717) is 13.0 Å². The second-order valence-corrected chi connectivity index (χ2v) is 5.41. The molecule has 0 radical (unpaired) electrons. The van der Waals surface area contributed by atoms with Gasteiger partial charge in [-0.3, -0.25) is 4.79 Å². The van der Waals surface area contributed by atoms with Gasteiger partial charge < -0.3 is 20.7 Å². The molecular weight excluding hydrogens is 338 g/mol. The summed E-state index contributed by atoms with van der Waals surface area (Å²) in [6.07, 6.45) is 2.54. The van der Waals surface area contributed by atoms with Crippen molar-refractivity contribution in [1.29, 1.82) is 0 Å². The number of carboxylic acid groups (broad SMARTS) is 1. The summed E-state index contributed by atoms with van der Waals surface area (Å²) in [5, 5.41) is 14.8. The first-order chi connectivity index (χ1) is 10.1. The number of aliphatic carboxylic acids is 1. The first kappa shape index (κ1) is 15.4. The van der Waals surface area contributed by atoms with Crippen molar-refractivity contribution in [2.24, 2.45) is 0 Å². The van der Waals surface area contributed by atoms with Crippen LogP contribution < -0.4 is 10.6 Å². The minimum atomic E-state index is -0.932. The first-order valence-corrected chi connectivity index (χ1v) is 7.35. The number of hydrogen-bond donors (Lipinski definition) is 4. The van der Waals surface area contributed by atoms with Crippen LogP contribution >= 0.6 is 15.9 Å². The van der Waals surface area contributed by atoms with E-state index in [0.717, 1.165) is 20.9 Å². The molecule has 0 spiro atoms. The molecule has 0 aliphatic heterocycles. The molecule has 0 aliphatic rings. The normalized spacial score (nSPS) is 10.5. The number of nitrogens with one attached hydrogen (secondary N) is 3. The summed E-state index contributed by atoms with van der Waals surface area (Å²) in [4.78, 5) is 25.0. The minimum Gasteiger partial charge on any atom is -0.481 e. The third-order valence-corrected chi connectivity index (χ3v) is 3.70. The molecule has 0 fully saturated rings. The molecule has 1 aromatic carbocycles. The topological polar surface area (TPSA) is 94.2 Å². The lowest BCUT2D eigenvalue weighted by Crippen LogP contribution is -2.37. The zero-order chi connectivity index (χ0) is 15.2. The van der Waals surface area contributed by atoms with Crippen molar-refractivity contribution in [1.82, 2.24) is 15.6 Å². The molecule has 0 saturated carbocycles. The molecule has 1 aromatic heterocycles. The Morgan fingerprint density at radius 1 is 1.24 bits per heavy atom. The molecule has 0 bridgehead atoms. The Labute approximate surface area is 130 Å². The van der Waals surface area contributed by atoms with Crippen molar-refractivity contribution in [2.45, 2.75) is 12.8 Å². The lowest BCUT2D eigenvalue weighted by Gasteiger charge is -2.06. The monoisotopic (exact) mass is 353 g/mol. The molecule has 2 amide bonds. The van der Waals surface area contributed by atoms with Crippen molar-refractivity contribution in [3.63, 3.8) is 0 Å². The van der Waals surface area contributed by atoms with Crippen LogP contribution in [-0.2, 0) is 11.2 Å². The molecule has 0 aliphatic carbocycles. The van der Waals surface area contributed by atoms with Crippen LogP contribution in [0.25, 0.3) is 10.9 Å². The molecule has 0 saturated heterocycles. The number of benzene rings is 1. The molecule has 0 atom stereocenters. The van der Waals surface area contributed by atoms with E-state index < -0.39 is 5.97 Å². The zero-order valence-corrected chi connectivity index (χ0v) is 12.9. The molecule has 112 valence electrons. The van der Waals surface area contributed by atoms with Crippen molar-refractivity contribution < 1.29 is 14.7 Å². The summed E-state index contributed by atoms with van der Waals surface area (Å²) in [6, 6.07) is 5.58. The number of rotatable bonds is 6. The van der Waals surface area contributed by atoms with Crippen LogP contribution in [0.5, 0.6) is 0 Å². The number of aromatic amines is 1. The van der Waals surface area contributed by atoms with Gasteiger partial charge in [-0.05, 0) is 24.1 Å². The maximum atomic E-state index is 11.5. The average molecular weight is 354 g/mol. The molecule has 21 heavy (non-hydrogen) atoms. The van der Waals surface area contributed by atoms with Gasteiger partial charge in [-0.2, -0.15) is 0 Å². The van der Waals surface area contributed by atoms with E-state index >= 15 is 0 Å². The van der Waals surface area contributed by atoms with E-state index in [9.17, 15) is 9.59 Å². The number of hydrogen-bond acceptors (Lipinski definition) is 2. The average Bonchev–Trinajstić information content (AvgIpc) is 2.83. The van der Waals surface area contributed by atoms with Gasteiger partial charge in [0.05, 0.1) is 6.42 Å². The number of carbonyl (C=O) groups is 2. The van der Waals surface area contributed by atoms with Crippen molar-refractivity contribution in [3.05, 3.63) is 34.4 Å². The Hall–Kier alpha value is -2.02. The third-order valence-electron chi connectivity index (χ3n) is 3.04. The fraction of sp³-hybridized carbons (Fsp3) is 0.286. The van der Waals surface area contributed by atoms with Crippen molar-refractivity contribution in [2.75, 3.05) is 13.1 Å². The molecule has 0 unspecified atom stereocenters. The highest BCUT2D eigenvalue weighted by atomic mass is 79.9. The fourth-order valence-corrected chi connectivity index (χ4v) is 2.68. The van der Waals surface area contributed by atoms with Crippen molar-refractivity contribution in [3.8, 4) is 0 Å². The van der Waals surface area contributed by atoms with Crippen LogP contribution in [-0.4, -0.2) is 35.2 Å². The van der Waals surface area contributed by atoms with Gasteiger partial charge in [0.1, 0.15) is 0 Å². The maximum absolute atomic E-state index is 11.5. The van der Waals surface area contributed by atoms with Gasteiger partial charge in [0.15, 0.2) is 0 Å². The minimum absolute atomic E-state index is 0.0805. The summed E-state index contributed by atoms with van der Waals surface area (Å²) in [7, 11) is 0. The third kappa shape index (κ3) is 4.22. The molecule has 7 heteroatoms. The zero-order valence-electron chi connectivity index (χ0n) is 11.3. The standard InChI is InChI=1S/C14H16BrN3O3/c15-10-2-1-3-11-13(10)9(8-18-11)4-6-16-14(21)17-7-5-12(19)20/h1-3,8,18H,4-7H2,(H,19,20)(H2,16,17,21). The second-order valence-electron chi connectivity index (χ2n) is 4.55. The van der Waals surface area contributed by atoms with Gasteiger partial charge >= 0.3 is 12.0 Å². The summed E-state index contributed by atoms with van der Waals surface area (Å²) >= 11 is 3.52. The van der Waals surface area contributed by atoms with Crippen LogP contribution in [0, 0.1) is 0 Å². The van der Waals surface area contributed by atoms with Crippen LogP contribution in [0.2, 0.25) is 0 Å². The number of fused-ring (bicyclic) bond motifs is 1. The smallest absolute Gasteiger partial charge is 0.314 e. The highest BCUT2D eigenvalue weighted by molar-refractivity contribution is 9.10. The van der Waals surface area contributed by atoms with Gasteiger partial charge in [0.2, 0.25) is 0 Å².